The van der Waals surface area contributed by atoms with Gasteiger partial charge in [-0.3, -0.25) is 4.79 Å². The van der Waals surface area contributed by atoms with Gasteiger partial charge in [0.2, 0.25) is 0 Å². The Kier molecular flexibility index (Phi) is 3.06. The molecule has 0 amide bonds. The Hall–Kier alpha value is -0.370. The van der Waals surface area contributed by atoms with Crippen LogP contribution in [-0.2, 0) is 4.79 Å². The Morgan fingerprint density at radius 3 is 2.73 bits per heavy atom. The molecule has 1 aliphatic rings. The fourth-order valence-electron chi connectivity index (χ4n) is 1.57. The molecule has 11 heavy (non-hydrogen) atoms. The topological polar surface area (TPSA) is 29.1 Å². The van der Waals surface area contributed by atoms with Crippen LogP contribution >= 0.6 is 0 Å². The highest BCUT2D eigenvalue weighted by atomic mass is 16.1. The molecular formula is C9H17NO. The molecule has 64 valence electrons. The molecule has 1 N–H and O–H groups in total. The van der Waals surface area contributed by atoms with Crippen LogP contribution in [0.5, 0.6) is 0 Å². The van der Waals surface area contributed by atoms with Crippen LogP contribution in [0.25, 0.3) is 0 Å². The Morgan fingerprint density at radius 1 is 1.55 bits per heavy atom. The van der Waals surface area contributed by atoms with Gasteiger partial charge in [0.1, 0.15) is 5.78 Å². The molecule has 0 saturated carbocycles. The van der Waals surface area contributed by atoms with E-state index in [0.29, 0.717) is 11.7 Å². The predicted molar refractivity (Wildman–Crippen MR) is 45.4 cm³/mol. The lowest BCUT2D eigenvalue weighted by Crippen LogP contribution is -2.36. The van der Waals surface area contributed by atoms with E-state index in [1.54, 1.807) is 0 Å². The van der Waals surface area contributed by atoms with Crippen LogP contribution in [-0.4, -0.2) is 18.9 Å². The molecule has 1 heterocycles. The molecule has 1 saturated heterocycles. The van der Waals surface area contributed by atoms with E-state index in [1.807, 2.05) is 13.8 Å². The molecule has 0 aromatic carbocycles. The van der Waals surface area contributed by atoms with E-state index in [0.717, 1.165) is 25.9 Å². The predicted octanol–water partition coefficient (Wildman–Crippen LogP) is 1.21. The number of ketones is 1. The van der Waals surface area contributed by atoms with Gasteiger partial charge >= 0.3 is 0 Å². The SMILES string of the molecule is CC(C)C(=O)[C@@H]1CCCNC1. The van der Waals surface area contributed by atoms with E-state index < -0.39 is 0 Å². The fraction of sp³-hybridized carbons (Fsp3) is 0.889. The molecule has 1 fully saturated rings. The molecule has 0 unspecified atom stereocenters. The molecule has 0 aliphatic carbocycles. The second kappa shape index (κ2) is 3.86. The van der Waals surface area contributed by atoms with E-state index in [9.17, 15) is 4.79 Å². The van der Waals surface area contributed by atoms with E-state index in [4.69, 9.17) is 0 Å². The molecule has 1 atom stereocenters. The van der Waals surface area contributed by atoms with Crippen LogP contribution < -0.4 is 5.32 Å². The van der Waals surface area contributed by atoms with Crippen molar-refractivity contribution in [2.75, 3.05) is 13.1 Å². The lowest BCUT2D eigenvalue weighted by atomic mass is 9.89. The van der Waals surface area contributed by atoms with Crippen molar-refractivity contribution >= 4 is 5.78 Å². The van der Waals surface area contributed by atoms with Gasteiger partial charge in [0.05, 0.1) is 0 Å². The quantitative estimate of drug-likeness (QED) is 0.649. The third-order valence-corrected chi connectivity index (χ3v) is 2.27. The van der Waals surface area contributed by atoms with E-state index >= 15 is 0 Å². The number of carbonyl (C=O) groups is 1. The number of rotatable bonds is 2. The Labute approximate surface area is 68.4 Å². The maximum atomic E-state index is 11.5. The van der Waals surface area contributed by atoms with Crippen molar-refractivity contribution in [3.8, 4) is 0 Å². The summed E-state index contributed by atoms with van der Waals surface area (Å²) in [5, 5.41) is 3.25. The second-order valence-corrected chi connectivity index (χ2v) is 3.60. The van der Waals surface area contributed by atoms with Crippen LogP contribution in [0.4, 0.5) is 0 Å². The maximum absolute atomic E-state index is 11.5. The van der Waals surface area contributed by atoms with Crippen LogP contribution in [0, 0.1) is 11.8 Å². The van der Waals surface area contributed by atoms with Crippen molar-refractivity contribution in [3.05, 3.63) is 0 Å². The summed E-state index contributed by atoms with van der Waals surface area (Å²) in [7, 11) is 0. The zero-order valence-corrected chi connectivity index (χ0v) is 7.39. The monoisotopic (exact) mass is 155 g/mol. The number of nitrogens with one attached hydrogen (secondary N) is 1. The molecule has 2 heteroatoms. The summed E-state index contributed by atoms with van der Waals surface area (Å²) in [4.78, 5) is 11.5. The normalized spacial score (nSPS) is 25.5. The third kappa shape index (κ3) is 2.29. The average molecular weight is 155 g/mol. The molecule has 0 bridgehead atoms. The lowest BCUT2D eigenvalue weighted by molar-refractivity contribution is -0.126. The van der Waals surface area contributed by atoms with Gasteiger partial charge in [-0.15, -0.1) is 0 Å². The number of carbonyl (C=O) groups excluding carboxylic acids is 1. The molecule has 0 aromatic rings. The van der Waals surface area contributed by atoms with E-state index in [2.05, 4.69) is 5.32 Å². The van der Waals surface area contributed by atoms with Crippen LogP contribution in [0.2, 0.25) is 0 Å². The first kappa shape index (κ1) is 8.72. The summed E-state index contributed by atoms with van der Waals surface area (Å²) < 4.78 is 0. The summed E-state index contributed by atoms with van der Waals surface area (Å²) in [5.74, 6) is 0.931. The molecule has 1 rings (SSSR count). The van der Waals surface area contributed by atoms with Crippen LogP contribution in [0.1, 0.15) is 26.7 Å². The maximum Gasteiger partial charge on any atom is 0.139 e. The zero-order valence-electron chi connectivity index (χ0n) is 7.39. The summed E-state index contributed by atoms with van der Waals surface area (Å²) in [6.45, 7) is 5.95. The van der Waals surface area contributed by atoms with Gasteiger partial charge in [0.15, 0.2) is 0 Å². The summed E-state index contributed by atoms with van der Waals surface area (Å²) >= 11 is 0. The first-order valence-electron chi connectivity index (χ1n) is 4.46. The smallest absolute Gasteiger partial charge is 0.139 e. The summed E-state index contributed by atoms with van der Waals surface area (Å²) in [6, 6.07) is 0. The van der Waals surface area contributed by atoms with Gasteiger partial charge in [0.25, 0.3) is 0 Å². The molecule has 1 aliphatic heterocycles. The second-order valence-electron chi connectivity index (χ2n) is 3.60. The van der Waals surface area contributed by atoms with Crippen LogP contribution in [0.3, 0.4) is 0 Å². The minimum absolute atomic E-state index is 0.208. The number of Topliss-reactive ketones (excluding diaryl/α,β-unsaturated/α-hetero) is 1. The highest BCUT2D eigenvalue weighted by Gasteiger charge is 2.22. The third-order valence-electron chi connectivity index (χ3n) is 2.27. The van der Waals surface area contributed by atoms with Gasteiger partial charge < -0.3 is 5.32 Å². The Morgan fingerprint density at radius 2 is 2.27 bits per heavy atom. The first-order chi connectivity index (χ1) is 5.22. The zero-order chi connectivity index (χ0) is 8.27. The minimum Gasteiger partial charge on any atom is -0.316 e. The van der Waals surface area contributed by atoms with Gasteiger partial charge in [0, 0.05) is 18.4 Å². The first-order valence-corrected chi connectivity index (χ1v) is 4.46. The number of hydrogen-bond donors (Lipinski definition) is 1. The summed E-state index contributed by atoms with van der Waals surface area (Å²) in [6.07, 6.45) is 2.24. The molecule has 2 nitrogen and oxygen atoms in total. The summed E-state index contributed by atoms with van der Waals surface area (Å²) in [5.41, 5.74) is 0. The van der Waals surface area contributed by atoms with Crippen molar-refractivity contribution in [2.45, 2.75) is 26.7 Å². The van der Waals surface area contributed by atoms with Crippen LogP contribution in [0.15, 0.2) is 0 Å². The minimum atomic E-state index is 0.208. The molecule has 0 aromatic heterocycles. The van der Waals surface area contributed by atoms with Gasteiger partial charge in [-0.2, -0.15) is 0 Å². The number of hydrogen-bond acceptors (Lipinski definition) is 2. The molecule has 0 spiro atoms. The average Bonchev–Trinajstić information content (AvgIpc) is 2.05. The largest absolute Gasteiger partial charge is 0.316 e. The lowest BCUT2D eigenvalue weighted by Gasteiger charge is -2.22. The van der Waals surface area contributed by atoms with Gasteiger partial charge in [-0.1, -0.05) is 13.8 Å². The highest BCUT2D eigenvalue weighted by molar-refractivity contribution is 5.83. The van der Waals surface area contributed by atoms with Crippen molar-refractivity contribution in [1.29, 1.82) is 0 Å². The van der Waals surface area contributed by atoms with Crippen molar-refractivity contribution in [3.63, 3.8) is 0 Å². The van der Waals surface area contributed by atoms with Gasteiger partial charge in [-0.05, 0) is 19.4 Å². The Bertz CT molecular complexity index is 136. The molecule has 0 radical (unpaired) electrons. The molecular weight excluding hydrogens is 138 g/mol. The standard InChI is InChI=1S/C9H17NO/c1-7(2)9(11)8-4-3-5-10-6-8/h7-8,10H,3-6H2,1-2H3/t8-/m1/s1. The Balaban J connectivity index is 2.39. The van der Waals surface area contributed by atoms with E-state index in [-0.39, 0.29) is 5.92 Å². The fourth-order valence-corrected chi connectivity index (χ4v) is 1.57. The van der Waals surface area contributed by atoms with Crippen molar-refractivity contribution in [1.82, 2.24) is 5.32 Å². The van der Waals surface area contributed by atoms with E-state index in [1.165, 1.54) is 0 Å². The number of piperidine rings is 1. The van der Waals surface area contributed by atoms with Gasteiger partial charge in [-0.25, -0.2) is 0 Å². The van der Waals surface area contributed by atoms with Crippen molar-refractivity contribution in [2.24, 2.45) is 11.8 Å². The van der Waals surface area contributed by atoms with Crippen molar-refractivity contribution < 1.29 is 4.79 Å². The highest BCUT2D eigenvalue weighted by Crippen LogP contribution is 2.14.